The first-order chi connectivity index (χ1) is 11.1. The van der Waals surface area contributed by atoms with Gasteiger partial charge in [-0.3, -0.25) is 9.59 Å². The van der Waals surface area contributed by atoms with Gasteiger partial charge in [-0.2, -0.15) is 0 Å². The van der Waals surface area contributed by atoms with Crippen molar-refractivity contribution < 1.29 is 9.59 Å². The number of likely N-dealkylation sites (tertiary alicyclic amines) is 1. The number of nitrogens with one attached hydrogen (secondary N) is 1. The van der Waals surface area contributed by atoms with Crippen LogP contribution < -0.4 is 5.32 Å². The number of piperidine rings is 1. The van der Waals surface area contributed by atoms with E-state index in [2.05, 4.69) is 5.32 Å². The van der Waals surface area contributed by atoms with E-state index in [0.717, 1.165) is 48.1 Å². The number of aryl methyl sites for hydroxylation is 1. The lowest BCUT2D eigenvalue weighted by Gasteiger charge is -2.32. The number of thiophene rings is 1. The number of nitrogens with zero attached hydrogens (tertiary/aromatic N) is 2. The standard InChI is InChI=1S/C17H21N3O2S/c1-19-13-6-8-23-15(13)9-14(19)17(22)20-7-2-3-11(10-20)16(21)18-12-4-5-12/h6,8-9,11-12H,2-5,7,10H2,1H3,(H,18,21). The summed E-state index contributed by atoms with van der Waals surface area (Å²) in [4.78, 5) is 27.0. The summed E-state index contributed by atoms with van der Waals surface area (Å²) < 4.78 is 3.10. The fourth-order valence-electron chi connectivity index (χ4n) is 3.34. The summed E-state index contributed by atoms with van der Waals surface area (Å²) in [6.45, 7) is 1.28. The molecule has 0 radical (unpaired) electrons. The van der Waals surface area contributed by atoms with Crippen LogP contribution >= 0.6 is 11.3 Å². The Kier molecular flexibility index (Phi) is 3.64. The molecule has 4 rings (SSSR count). The molecule has 23 heavy (non-hydrogen) atoms. The zero-order valence-electron chi connectivity index (χ0n) is 13.2. The third kappa shape index (κ3) is 2.76. The van der Waals surface area contributed by atoms with Crippen molar-refractivity contribution in [1.82, 2.24) is 14.8 Å². The van der Waals surface area contributed by atoms with Crippen molar-refractivity contribution in [3.8, 4) is 0 Å². The van der Waals surface area contributed by atoms with Crippen LogP contribution in [0.15, 0.2) is 17.5 Å². The molecule has 1 saturated carbocycles. The summed E-state index contributed by atoms with van der Waals surface area (Å²) >= 11 is 1.65. The quantitative estimate of drug-likeness (QED) is 0.939. The van der Waals surface area contributed by atoms with E-state index in [1.807, 2.05) is 34.0 Å². The molecule has 6 heteroatoms. The highest BCUT2D eigenvalue weighted by atomic mass is 32.1. The Balaban J connectivity index is 1.49. The van der Waals surface area contributed by atoms with Crippen molar-refractivity contribution in [2.45, 2.75) is 31.7 Å². The zero-order chi connectivity index (χ0) is 16.0. The van der Waals surface area contributed by atoms with Gasteiger partial charge in [-0.1, -0.05) is 0 Å². The number of carbonyl (C=O) groups excluding carboxylic acids is 2. The zero-order valence-corrected chi connectivity index (χ0v) is 14.1. The molecule has 0 aromatic carbocycles. The van der Waals surface area contributed by atoms with Crippen LogP contribution in [0.3, 0.4) is 0 Å². The second-order valence-corrected chi connectivity index (χ2v) is 7.58. The van der Waals surface area contributed by atoms with Crippen LogP contribution in [0.2, 0.25) is 0 Å². The topological polar surface area (TPSA) is 54.3 Å². The Morgan fingerprint density at radius 1 is 1.30 bits per heavy atom. The minimum absolute atomic E-state index is 0.0415. The minimum Gasteiger partial charge on any atom is -0.353 e. The molecule has 1 aliphatic heterocycles. The highest BCUT2D eigenvalue weighted by molar-refractivity contribution is 7.17. The second kappa shape index (κ2) is 5.67. The maximum atomic E-state index is 12.9. The van der Waals surface area contributed by atoms with Crippen molar-refractivity contribution in [1.29, 1.82) is 0 Å². The molecule has 5 nitrogen and oxygen atoms in total. The fourth-order valence-corrected chi connectivity index (χ4v) is 4.19. The molecular formula is C17H21N3O2S. The molecule has 2 aromatic heterocycles. The Bertz CT molecular complexity index is 759. The number of fused-ring (bicyclic) bond motifs is 1. The molecule has 122 valence electrons. The van der Waals surface area contributed by atoms with Crippen molar-refractivity contribution >= 4 is 33.4 Å². The summed E-state index contributed by atoms with van der Waals surface area (Å²) in [5, 5.41) is 5.11. The summed E-state index contributed by atoms with van der Waals surface area (Å²) in [5.41, 5.74) is 1.81. The molecular weight excluding hydrogens is 310 g/mol. The van der Waals surface area contributed by atoms with Crippen molar-refractivity contribution in [3.63, 3.8) is 0 Å². The average molecular weight is 331 g/mol. The fraction of sp³-hybridized carbons (Fsp3) is 0.529. The van der Waals surface area contributed by atoms with E-state index in [0.29, 0.717) is 12.6 Å². The summed E-state index contributed by atoms with van der Waals surface area (Å²) in [6.07, 6.45) is 3.97. The predicted molar refractivity (Wildman–Crippen MR) is 90.6 cm³/mol. The van der Waals surface area contributed by atoms with Gasteiger partial charge in [0.2, 0.25) is 5.91 Å². The van der Waals surface area contributed by atoms with Gasteiger partial charge in [-0.25, -0.2) is 0 Å². The first-order valence-corrected chi connectivity index (χ1v) is 9.14. The van der Waals surface area contributed by atoms with E-state index in [9.17, 15) is 9.59 Å². The number of carbonyl (C=O) groups is 2. The Morgan fingerprint density at radius 2 is 2.13 bits per heavy atom. The molecule has 2 aromatic rings. The molecule has 2 amide bonds. The smallest absolute Gasteiger partial charge is 0.270 e. The number of rotatable bonds is 3. The highest BCUT2D eigenvalue weighted by Gasteiger charge is 2.32. The van der Waals surface area contributed by atoms with Gasteiger partial charge in [0.25, 0.3) is 5.91 Å². The average Bonchev–Trinajstić information content (AvgIpc) is 3.15. The predicted octanol–water partition coefficient (Wildman–Crippen LogP) is 2.37. The van der Waals surface area contributed by atoms with Crippen LogP contribution in [-0.2, 0) is 11.8 Å². The number of aromatic nitrogens is 1. The summed E-state index contributed by atoms with van der Waals surface area (Å²) in [6, 6.07) is 4.39. The second-order valence-electron chi connectivity index (χ2n) is 6.63. The molecule has 1 saturated heterocycles. The van der Waals surface area contributed by atoms with Gasteiger partial charge in [0, 0.05) is 26.2 Å². The van der Waals surface area contributed by atoms with Crippen LogP contribution in [0, 0.1) is 5.92 Å². The molecule has 2 aliphatic rings. The van der Waals surface area contributed by atoms with Gasteiger partial charge >= 0.3 is 0 Å². The maximum absolute atomic E-state index is 12.9. The largest absolute Gasteiger partial charge is 0.353 e. The van der Waals surface area contributed by atoms with Gasteiger partial charge in [0.15, 0.2) is 0 Å². The van der Waals surface area contributed by atoms with E-state index in [-0.39, 0.29) is 17.7 Å². The number of hydrogen-bond donors (Lipinski definition) is 1. The van der Waals surface area contributed by atoms with Crippen LogP contribution in [-0.4, -0.2) is 40.4 Å². The first kappa shape index (κ1) is 14.8. The maximum Gasteiger partial charge on any atom is 0.270 e. The molecule has 2 fully saturated rings. The van der Waals surface area contributed by atoms with E-state index in [1.54, 1.807) is 11.3 Å². The Morgan fingerprint density at radius 3 is 2.87 bits per heavy atom. The van der Waals surface area contributed by atoms with Crippen molar-refractivity contribution in [2.75, 3.05) is 13.1 Å². The van der Waals surface area contributed by atoms with E-state index >= 15 is 0 Å². The molecule has 0 spiro atoms. The normalized spacial score (nSPS) is 21.6. The molecule has 3 heterocycles. The van der Waals surface area contributed by atoms with Gasteiger partial charge < -0.3 is 14.8 Å². The minimum atomic E-state index is -0.0605. The molecule has 0 bridgehead atoms. The molecule has 1 atom stereocenters. The van der Waals surface area contributed by atoms with Crippen molar-refractivity contribution in [3.05, 3.63) is 23.2 Å². The van der Waals surface area contributed by atoms with Crippen LogP contribution in [0.4, 0.5) is 0 Å². The van der Waals surface area contributed by atoms with Crippen LogP contribution in [0.1, 0.15) is 36.2 Å². The third-order valence-electron chi connectivity index (χ3n) is 4.89. The Hall–Kier alpha value is -1.82. The van der Waals surface area contributed by atoms with Crippen LogP contribution in [0.5, 0.6) is 0 Å². The molecule has 1 unspecified atom stereocenters. The van der Waals surface area contributed by atoms with Gasteiger partial charge in [-0.05, 0) is 43.2 Å². The van der Waals surface area contributed by atoms with Gasteiger partial charge in [0.05, 0.1) is 16.1 Å². The van der Waals surface area contributed by atoms with Crippen LogP contribution in [0.25, 0.3) is 10.2 Å². The number of hydrogen-bond acceptors (Lipinski definition) is 3. The van der Waals surface area contributed by atoms with E-state index in [1.165, 1.54) is 0 Å². The highest BCUT2D eigenvalue weighted by Crippen LogP contribution is 2.27. The first-order valence-electron chi connectivity index (χ1n) is 8.26. The lowest BCUT2D eigenvalue weighted by Crippen LogP contribution is -2.46. The molecule has 1 aliphatic carbocycles. The van der Waals surface area contributed by atoms with E-state index in [4.69, 9.17) is 0 Å². The van der Waals surface area contributed by atoms with Gasteiger partial charge in [-0.15, -0.1) is 11.3 Å². The monoisotopic (exact) mass is 331 g/mol. The van der Waals surface area contributed by atoms with Gasteiger partial charge in [0.1, 0.15) is 5.69 Å². The lowest BCUT2D eigenvalue weighted by molar-refractivity contribution is -0.126. The summed E-state index contributed by atoms with van der Waals surface area (Å²) in [5.74, 6) is 0.104. The van der Waals surface area contributed by atoms with E-state index < -0.39 is 0 Å². The SMILES string of the molecule is Cn1c(C(=O)N2CCCC(C(=O)NC3CC3)C2)cc2sccc21. The number of amides is 2. The summed E-state index contributed by atoms with van der Waals surface area (Å²) in [7, 11) is 1.93. The molecule has 1 N–H and O–H groups in total. The third-order valence-corrected chi connectivity index (χ3v) is 5.74. The Labute approximate surface area is 139 Å². The lowest BCUT2D eigenvalue weighted by atomic mass is 9.97. The van der Waals surface area contributed by atoms with Crippen molar-refractivity contribution in [2.24, 2.45) is 13.0 Å².